The van der Waals surface area contributed by atoms with Crippen LogP contribution >= 0.6 is 15.9 Å². The second kappa shape index (κ2) is 5.35. The molecule has 0 saturated heterocycles. The first kappa shape index (κ1) is 11.5. The second-order valence-corrected chi connectivity index (χ2v) is 3.99. The van der Waals surface area contributed by atoms with E-state index < -0.39 is 0 Å². The maximum atomic E-state index is 12.8. The number of benzene rings is 1. The standard InChI is InChI=1S/C11H14BrFO/c1-3-9(4-2)14-11-6-5-8(13)7-10(11)12/h5-7,9H,3-4H2,1-2H3. The van der Waals surface area contributed by atoms with Crippen molar-refractivity contribution in [2.24, 2.45) is 0 Å². The zero-order valence-corrected chi connectivity index (χ0v) is 9.97. The van der Waals surface area contributed by atoms with E-state index in [0.717, 1.165) is 12.8 Å². The van der Waals surface area contributed by atoms with E-state index in [1.165, 1.54) is 12.1 Å². The maximum Gasteiger partial charge on any atom is 0.134 e. The van der Waals surface area contributed by atoms with E-state index in [1.54, 1.807) is 6.07 Å². The van der Waals surface area contributed by atoms with Crippen molar-refractivity contribution >= 4 is 15.9 Å². The summed E-state index contributed by atoms with van der Waals surface area (Å²) < 4.78 is 19.1. The van der Waals surface area contributed by atoms with Gasteiger partial charge in [-0.1, -0.05) is 13.8 Å². The van der Waals surface area contributed by atoms with Crippen LogP contribution in [-0.4, -0.2) is 6.10 Å². The van der Waals surface area contributed by atoms with Gasteiger partial charge in [0, 0.05) is 0 Å². The smallest absolute Gasteiger partial charge is 0.134 e. The first-order chi connectivity index (χ1) is 6.67. The Hall–Kier alpha value is -0.570. The molecule has 14 heavy (non-hydrogen) atoms. The fraction of sp³-hybridized carbons (Fsp3) is 0.455. The fourth-order valence-electron chi connectivity index (χ4n) is 1.21. The molecule has 0 aromatic heterocycles. The highest BCUT2D eigenvalue weighted by Gasteiger charge is 2.08. The van der Waals surface area contributed by atoms with Crippen molar-refractivity contribution in [3.05, 3.63) is 28.5 Å². The number of halogens is 2. The molecule has 78 valence electrons. The molecule has 0 radical (unpaired) electrons. The fourth-order valence-corrected chi connectivity index (χ4v) is 1.65. The molecule has 0 N–H and O–H groups in total. The summed E-state index contributed by atoms with van der Waals surface area (Å²) in [6, 6.07) is 4.47. The number of hydrogen-bond acceptors (Lipinski definition) is 1. The minimum Gasteiger partial charge on any atom is -0.489 e. The van der Waals surface area contributed by atoms with Gasteiger partial charge in [-0.25, -0.2) is 4.39 Å². The van der Waals surface area contributed by atoms with Crippen LogP contribution in [-0.2, 0) is 0 Å². The summed E-state index contributed by atoms with van der Waals surface area (Å²) in [6.45, 7) is 4.15. The summed E-state index contributed by atoms with van der Waals surface area (Å²) in [7, 11) is 0. The van der Waals surface area contributed by atoms with Crippen LogP contribution < -0.4 is 4.74 Å². The molecule has 1 nitrogen and oxygen atoms in total. The first-order valence-electron chi connectivity index (χ1n) is 4.79. The van der Waals surface area contributed by atoms with E-state index in [-0.39, 0.29) is 11.9 Å². The zero-order chi connectivity index (χ0) is 10.6. The van der Waals surface area contributed by atoms with Gasteiger partial charge in [-0.2, -0.15) is 0 Å². The molecule has 0 atom stereocenters. The van der Waals surface area contributed by atoms with Gasteiger partial charge in [0.25, 0.3) is 0 Å². The Morgan fingerprint density at radius 2 is 2.00 bits per heavy atom. The lowest BCUT2D eigenvalue weighted by Gasteiger charge is -2.16. The van der Waals surface area contributed by atoms with Crippen molar-refractivity contribution in [1.29, 1.82) is 0 Å². The minimum absolute atomic E-state index is 0.205. The summed E-state index contributed by atoms with van der Waals surface area (Å²) in [5.41, 5.74) is 0. The van der Waals surface area contributed by atoms with Gasteiger partial charge in [0.05, 0.1) is 10.6 Å². The molecule has 0 saturated carbocycles. The van der Waals surface area contributed by atoms with E-state index >= 15 is 0 Å². The van der Waals surface area contributed by atoms with E-state index in [4.69, 9.17) is 4.74 Å². The Labute approximate surface area is 92.4 Å². The molecule has 0 aliphatic carbocycles. The van der Waals surface area contributed by atoms with Crippen LogP contribution in [0, 0.1) is 5.82 Å². The van der Waals surface area contributed by atoms with Gasteiger partial charge < -0.3 is 4.74 Å². The SMILES string of the molecule is CCC(CC)Oc1ccc(F)cc1Br. The van der Waals surface area contributed by atoms with E-state index in [9.17, 15) is 4.39 Å². The van der Waals surface area contributed by atoms with Gasteiger partial charge in [-0.15, -0.1) is 0 Å². The molecule has 0 fully saturated rings. The second-order valence-electron chi connectivity index (χ2n) is 3.13. The Bertz CT molecular complexity index is 297. The Morgan fingerprint density at radius 3 is 2.50 bits per heavy atom. The topological polar surface area (TPSA) is 9.23 Å². The van der Waals surface area contributed by atoms with Gasteiger partial charge in [-0.3, -0.25) is 0 Å². The monoisotopic (exact) mass is 260 g/mol. The summed E-state index contributed by atoms with van der Waals surface area (Å²) in [4.78, 5) is 0. The predicted octanol–water partition coefficient (Wildman–Crippen LogP) is 4.16. The Balaban J connectivity index is 2.76. The van der Waals surface area contributed by atoms with Crippen LogP contribution in [0.3, 0.4) is 0 Å². The van der Waals surface area contributed by atoms with Gasteiger partial charge in [-0.05, 0) is 47.0 Å². The average molecular weight is 261 g/mol. The van der Waals surface area contributed by atoms with Crippen LogP contribution in [0.15, 0.2) is 22.7 Å². The summed E-state index contributed by atoms with van der Waals surface area (Å²) in [6.07, 6.45) is 2.12. The highest BCUT2D eigenvalue weighted by molar-refractivity contribution is 9.10. The lowest BCUT2D eigenvalue weighted by Crippen LogP contribution is -2.13. The third-order valence-electron chi connectivity index (χ3n) is 2.10. The Morgan fingerprint density at radius 1 is 1.36 bits per heavy atom. The zero-order valence-electron chi connectivity index (χ0n) is 8.39. The molecule has 3 heteroatoms. The van der Waals surface area contributed by atoms with Gasteiger partial charge in [0.15, 0.2) is 0 Å². The molecule has 0 aliphatic heterocycles. The molecular weight excluding hydrogens is 247 g/mol. The largest absolute Gasteiger partial charge is 0.489 e. The molecule has 0 heterocycles. The highest BCUT2D eigenvalue weighted by atomic mass is 79.9. The first-order valence-corrected chi connectivity index (χ1v) is 5.58. The average Bonchev–Trinajstić information content (AvgIpc) is 2.17. The molecule has 0 spiro atoms. The molecule has 0 aliphatic rings. The lowest BCUT2D eigenvalue weighted by molar-refractivity contribution is 0.191. The highest BCUT2D eigenvalue weighted by Crippen LogP contribution is 2.27. The third-order valence-corrected chi connectivity index (χ3v) is 2.72. The van der Waals surface area contributed by atoms with E-state index in [2.05, 4.69) is 29.8 Å². The van der Waals surface area contributed by atoms with Gasteiger partial charge in [0.1, 0.15) is 11.6 Å². The van der Waals surface area contributed by atoms with Crippen molar-refractivity contribution in [2.75, 3.05) is 0 Å². The van der Waals surface area contributed by atoms with Crippen LogP contribution in [0.2, 0.25) is 0 Å². The Kier molecular flexibility index (Phi) is 4.39. The molecule has 1 aromatic carbocycles. The van der Waals surface area contributed by atoms with E-state index in [1.807, 2.05) is 0 Å². The molecular formula is C11H14BrFO. The molecule has 0 bridgehead atoms. The van der Waals surface area contributed by atoms with Crippen molar-refractivity contribution in [3.63, 3.8) is 0 Å². The van der Waals surface area contributed by atoms with Crippen LogP contribution in [0.1, 0.15) is 26.7 Å². The van der Waals surface area contributed by atoms with Gasteiger partial charge in [0.2, 0.25) is 0 Å². The summed E-state index contributed by atoms with van der Waals surface area (Å²) in [5, 5.41) is 0. The number of ether oxygens (including phenoxy) is 1. The van der Waals surface area contributed by atoms with Crippen molar-refractivity contribution in [1.82, 2.24) is 0 Å². The molecule has 1 aromatic rings. The number of hydrogen-bond donors (Lipinski definition) is 0. The number of rotatable bonds is 4. The minimum atomic E-state index is -0.256. The van der Waals surface area contributed by atoms with Gasteiger partial charge >= 0.3 is 0 Å². The maximum absolute atomic E-state index is 12.8. The van der Waals surface area contributed by atoms with Crippen LogP contribution in [0.4, 0.5) is 4.39 Å². The predicted molar refractivity (Wildman–Crippen MR) is 59.1 cm³/mol. The van der Waals surface area contributed by atoms with Crippen LogP contribution in [0.5, 0.6) is 5.75 Å². The van der Waals surface area contributed by atoms with Crippen molar-refractivity contribution < 1.29 is 9.13 Å². The summed E-state index contributed by atoms with van der Waals surface area (Å²) in [5.74, 6) is 0.453. The van der Waals surface area contributed by atoms with E-state index in [0.29, 0.717) is 10.2 Å². The normalized spacial score (nSPS) is 10.6. The van der Waals surface area contributed by atoms with Crippen LogP contribution in [0.25, 0.3) is 0 Å². The molecule has 1 rings (SSSR count). The molecule has 0 unspecified atom stereocenters. The van der Waals surface area contributed by atoms with Crippen molar-refractivity contribution in [3.8, 4) is 5.75 Å². The molecule has 0 amide bonds. The lowest BCUT2D eigenvalue weighted by atomic mass is 10.2. The summed E-state index contributed by atoms with van der Waals surface area (Å²) >= 11 is 3.27. The van der Waals surface area contributed by atoms with Crippen molar-refractivity contribution in [2.45, 2.75) is 32.8 Å². The quantitative estimate of drug-likeness (QED) is 0.790. The third kappa shape index (κ3) is 2.98.